The summed E-state index contributed by atoms with van der Waals surface area (Å²) in [6.45, 7) is 3.41. The van der Waals surface area contributed by atoms with E-state index in [0.29, 0.717) is 6.42 Å². The van der Waals surface area contributed by atoms with E-state index in [9.17, 15) is 9.59 Å². The Morgan fingerprint density at radius 3 is 2.46 bits per heavy atom. The van der Waals surface area contributed by atoms with Crippen LogP contribution in [0.15, 0.2) is 0 Å². The van der Waals surface area contributed by atoms with Crippen LogP contribution < -0.4 is 0 Å². The van der Waals surface area contributed by atoms with Gasteiger partial charge in [-0.2, -0.15) is 0 Å². The molecule has 0 radical (unpaired) electrons. The van der Waals surface area contributed by atoms with Crippen molar-refractivity contribution in [3.8, 4) is 0 Å². The molecule has 1 amide bonds. The molecule has 0 aromatic rings. The SMILES string of the molecule is CCC1CCC(C(=O)O)N1C(C)=O. The van der Waals surface area contributed by atoms with Gasteiger partial charge < -0.3 is 10.0 Å². The summed E-state index contributed by atoms with van der Waals surface area (Å²) in [6.07, 6.45) is 2.24. The first-order valence-electron chi connectivity index (χ1n) is 4.59. The van der Waals surface area contributed by atoms with Gasteiger partial charge in [0, 0.05) is 13.0 Å². The summed E-state index contributed by atoms with van der Waals surface area (Å²) in [4.78, 5) is 23.5. The zero-order chi connectivity index (χ0) is 10.0. The molecule has 74 valence electrons. The summed E-state index contributed by atoms with van der Waals surface area (Å²) in [7, 11) is 0. The third-order valence-corrected chi connectivity index (χ3v) is 2.62. The first kappa shape index (κ1) is 10.0. The standard InChI is InChI=1S/C9H15NO3/c1-3-7-4-5-8(9(12)13)10(7)6(2)11/h7-8H,3-5H2,1-2H3,(H,12,13). The molecule has 4 nitrogen and oxygen atoms in total. The van der Waals surface area contributed by atoms with Crippen molar-refractivity contribution in [2.75, 3.05) is 0 Å². The second-order valence-corrected chi connectivity index (χ2v) is 3.42. The predicted molar refractivity (Wildman–Crippen MR) is 47.3 cm³/mol. The highest BCUT2D eigenvalue weighted by Crippen LogP contribution is 2.26. The number of likely N-dealkylation sites (tertiary alicyclic amines) is 1. The molecule has 0 saturated carbocycles. The van der Waals surface area contributed by atoms with E-state index >= 15 is 0 Å². The van der Waals surface area contributed by atoms with E-state index in [1.54, 1.807) is 0 Å². The number of carbonyl (C=O) groups is 2. The van der Waals surface area contributed by atoms with E-state index in [-0.39, 0.29) is 11.9 Å². The van der Waals surface area contributed by atoms with E-state index in [4.69, 9.17) is 5.11 Å². The molecule has 2 atom stereocenters. The summed E-state index contributed by atoms with van der Waals surface area (Å²) in [5, 5.41) is 8.85. The fraction of sp³-hybridized carbons (Fsp3) is 0.778. The van der Waals surface area contributed by atoms with Gasteiger partial charge in [0.25, 0.3) is 0 Å². The molecule has 13 heavy (non-hydrogen) atoms. The van der Waals surface area contributed by atoms with Crippen molar-refractivity contribution >= 4 is 11.9 Å². The minimum Gasteiger partial charge on any atom is -0.480 e. The molecule has 1 aliphatic rings. The van der Waals surface area contributed by atoms with Crippen molar-refractivity contribution in [1.82, 2.24) is 4.90 Å². The van der Waals surface area contributed by atoms with E-state index in [1.165, 1.54) is 11.8 Å². The summed E-state index contributed by atoms with van der Waals surface area (Å²) in [6, 6.07) is -0.471. The summed E-state index contributed by atoms with van der Waals surface area (Å²) < 4.78 is 0. The number of carboxylic acids is 1. The van der Waals surface area contributed by atoms with Gasteiger partial charge in [0.15, 0.2) is 0 Å². The van der Waals surface area contributed by atoms with Gasteiger partial charge in [-0.05, 0) is 19.3 Å². The molecule has 0 bridgehead atoms. The topological polar surface area (TPSA) is 57.6 Å². The Balaban J connectivity index is 2.78. The molecule has 2 unspecified atom stereocenters. The van der Waals surface area contributed by atoms with Crippen molar-refractivity contribution in [3.05, 3.63) is 0 Å². The Labute approximate surface area is 77.5 Å². The fourth-order valence-electron chi connectivity index (χ4n) is 2.00. The van der Waals surface area contributed by atoms with Crippen LogP contribution in [0.4, 0.5) is 0 Å². The minimum absolute atomic E-state index is 0.124. The highest BCUT2D eigenvalue weighted by atomic mass is 16.4. The average molecular weight is 185 g/mol. The van der Waals surface area contributed by atoms with Crippen LogP contribution in [0.3, 0.4) is 0 Å². The Bertz CT molecular complexity index is 227. The van der Waals surface area contributed by atoms with Gasteiger partial charge in [-0.15, -0.1) is 0 Å². The minimum atomic E-state index is -0.883. The summed E-state index contributed by atoms with van der Waals surface area (Å²) in [5.74, 6) is -1.01. The van der Waals surface area contributed by atoms with Crippen LogP contribution in [0, 0.1) is 0 Å². The molecule has 1 saturated heterocycles. The van der Waals surface area contributed by atoms with Gasteiger partial charge >= 0.3 is 5.97 Å². The molecular formula is C9H15NO3. The number of hydrogen-bond donors (Lipinski definition) is 1. The van der Waals surface area contributed by atoms with Crippen LogP contribution in [-0.4, -0.2) is 34.0 Å². The lowest BCUT2D eigenvalue weighted by Crippen LogP contribution is -2.43. The Morgan fingerprint density at radius 2 is 2.08 bits per heavy atom. The first-order valence-corrected chi connectivity index (χ1v) is 4.59. The zero-order valence-corrected chi connectivity index (χ0v) is 7.99. The van der Waals surface area contributed by atoms with Crippen molar-refractivity contribution in [3.63, 3.8) is 0 Å². The molecule has 0 aliphatic carbocycles. The Kier molecular flexibility index (Phi) is 2.90. The Morgan fingerprint density at radius 1 is 1.46 bits per heavy atom. The smallest absolute Gasteiger partial charge is 0.326 e. The molecule has 0 aromatic carbocycles. The molecule has 0 aromatic heterocycles. The quantitative estimate of drug-likeness (QED) is 0.694. The van der Waals surface area contributed by atoms with E-state index in [2.05, 4.69) is 0 Å². The molecular weight excluding hydrogens is 170 g/mol. The number of carboxylic acid groups (broad SMARTS) is 1. The van der Waals surface area contributed by atoms with Gasteiger partial charge in [-0.1, -0.05) is 6.92 Å². The molecule has 0 spiro atoms. The number of hydrogen-bond acceptors (Lipinski definition) is 2. The largest absolute Gasteiger partial charge is 0.480 e. The highest BCUT2D eigenvalue weighted by molar-refractivity contribution is 5.83. The van der Waals surface area contributed by atoms with Gasteiger partial charge in [0.05, 0.1) is 0 Å². The third-order valence-electron chi connectivity index (χ3n) is 2.62. The maximum absolute atomic E-state index is 11.2. The number of rotatable bonds is 2. The lowest BCUT2D eigenvalue weighted by Gasteiger charge is -2.26. The second kappa shape index (κ2) is 3.77. The number of aliphatic carboxylic acids is 1. The molecule has 1 N–H and O–H groups in total. The van der Waals surface area contributed by atoms with Crippen LogP contribution in [0.5, 0.6) is 0 Å². The number of nitrogens with zero attached hydrogens (tertiary/aromatic N) is 1. The van der Waals surface area contributed by atoms with Gasteiger partial charge in [0.1, 0.15) is 6.04 Å². The van der Waals surface area contributed by atoms with Crippen LogP contribution in [0.1, 0.15) is 33.1 Å². The molecule has 1 heterocycles. The van der Waals surface area contributed by atoms with E-state index in [0.717, 1.165) is 12.8 Å². The van der Waals surface area contributed by atoms with Gasteiger partial charge in [-0.25, -0.2) is 4.79 Å². The average Bonchev–Trinajstić information content (AvgIpc) is 2.46. The zero-order valence-electron chi connectivity index (χ0n) is 7.99. The molecule has 1 aliphatic heterocycles. The third kappa shape index (κ3) is 1.82. The lowest BCUT2D eigenvalue weighted by atomic mass is 10.1. The van der Waals surface area contributed by atoms with Crippen LogP contribution in [0.25, 0.3) is 0 Å². The molecule has 1 fully saturated rings. The van der Waals surface area contributed by atoms with E-state index in [1.807, 2.05) is 6.92 Å². The number of carbonyl (C=O) groups excluding carboxylic acids is 1. The van der Waals surface area contributed by atoms with Gasteiger partial charge in [0.2, 0.25) is 5.91 Å². The summed E-state index contributed by atoms with van der Waals surface area (Å²) >= 11 is 0. The predicted octanol–water partition coefficient (Wildman–Crippen LogP) is 0.861. The molecule has 1 rings (SSSR count). The fourth-order valence-corrected chi connectivity index (χ4v) is 2.00. The maximum Gasteiger partial charge on any atom is 0.326 e. The Hall–Kier alpha value is -1.06. The first-order chi connectivity index (χ1) is 6.07. The molecule has 4 heteroatoms. The van der Waals surface area contributed by atoms with Crippen LogP contribution >= 0.6 is 0 Å². The normalized spacial score (nSPS) is 27.7. The summed E-state index contributed by atoms with van der Waals surface area (Å²) in [5.41, 5.74) is 0. The highest BCUT2D eigenvalue weighted by Gasteiger charge is 2.38. The van der Waals surface area contributed by atoms with Crippen molar-refractivity contribution in [1.29, 1.82) is 0 Å². The lowest BCUT2D eigenvalue weighted by molar-refractivity contribution is -0.148. The van der Waals surface area contributed by atoms with Crippen LogP contribution in [-0.2, 0) is 9.59 Å². The number of amides is 1. The van der Waals surface area contributed by atoms with E-state index < -0.39 is 12.0 Å². The van der Waals surface area contributed by atoms with Crippen molar-refractivity contribution in [2.24, 2.45) is 0 Å². The second-order valence-electron chi connectivity index (χ2n) is 3.42. The van der Waals surface area contributed by atoms with Crippen LogP contribution in [0.2, 0.25) is 0 Å². The maximum atomic E-state index is 11.2. The van der Waals surface area contributed by atoms with Gasteiger partial charge in [-0.3, -0.25) is 4.79 Å². The van der Waals surface area contributed by atoms with Crippen molar-refractivity contribution in [2.45, 2.75) is 45.2 Å². The van der Waals surface area contributed by atoms with Crippen molar-refractivity contribution < 1.29 is 14.7 Å². The monoisotopic (exact) mass is 185 g/mol.